The SMILES string of the molecule is Clc1ccc2c(SCCCCCCCc3ccc(N4CCNCC4)cc3)ccnc2c1. The van der Waals surface area contributed by atoms with E-state index in [9.17, 15) is 0 Å². The average Bonchev–Trinajstić information content (AvgIpc) is 2.81. The second-order valence-corrected chi connectivity index (χ2v) is 9.81. The number of pyridine rings is 1. The number of nitrogens with one attached hydrogen (secondary N) is 1. The Kier molecular flexibility index (Phi) is 8.51. The lowest BCUT2D eigenvalue weighted by molar-refractivity contribution is 0.589. The third-order valence-electron chi connectivity index (χ3n) is 5.95. The molecule has 0 radical (unpaired) electrons. The van der Waals surface area contributed by atoms with E-state index in [-0.39, 0.29) is 0 Å². The van der Waals surface area contributed by atoms with Crippen molar-refractivity contribution in [3.8, 4) is 0 Å². The van der Waals surface area contributed by atoms with Crippen LogP contribution in [0.2, 0.25) is 5.02 Å². The van der Waals surface area contributed by atoms with Crippen LogP contribution in [0.1, 0.15) is 37.7 Å². The van der Waals surface area contributed by atoms with E-state index in [1.807, 2.05) is 30.1 Å². The molecule has 4 rings (SSSR count). The van der Waals surface area contributed by atoms with E-state index >= 15 is 0 Å². The van der Waals surface area contributed by atoms with Crippen LogP contribution in [0.5, 0.6) is 0 Å². The van der Waals surface area contributed by atoms with Crippen molar-refractivity contribution in [3.63, 3.8) is 0 Å². The van der Waals surface area contributed by atoms with Gasteiger partial charge in [0.2, 0.25) is 0 Å². The molecule has 0 atom stereocenters. The van der Waals surface area contributed by atoms with Gasteiger partial charge in [-0.3, -0.25) is 4.98 Å². The zero-order valence-corrected chi connectivity index (χ0v) is 19.7. The molecule has 0 aliphatic carbocycles. The maximum Gasteiger partial charge on any atom is 0.0728 e. The molecule has 1 aromatic heterocycles. The maximum absolute atomic E-state index is 6.09. The molecule has 1 saturated heterocycles. The van der Waals surface area contributed by atoms with Gasteiger partial charge in [0.15, 0.2) is 0 Å². The van der Waals surface area contributed by atoms with Crippen LogP contribution in [-0.4, -0.2) is 36.9 Å². The highest BCUT2D eigenvalue weighted by Gasteiger charge is 2.09. The monoisotopic (exact) mass is 453 g/mol. The topological polar surface area (TPSA) is 28.2 Å². The van der Waals surface area contributed by atoms with E-state index in [1.54, 1.807) is 0 Å². The van der Waals surface area contributed by atoms with Gasteiger partial charge in [0, 0.05) is 53.4 Å². The van der Waals surface area contributed by atoms with Crippen LogP contribution in [0, 0.1) is 0 Å². The van der Waals surface area contributed by atoms with Gasteiger partial charge in [-0.15, -0.1) is 11.8 Å². The van der Waals surface area contributed by atoms with E-state index in [2.05, 4.69) is 51.6 Å². The summed E-state index contributed by atoms with van der Waals surface area (Å²) in [5, 5.41) is 5.37. The van der Waals surface area contributed by atoms with Gasteiger partial charge < -0.3 is 10.2 Å². The molecular formula is C26H32ClN3S. The van der Waals surface area contributed by atoms with Crippen LogP contribution in [-0.2, 0) is 6.42 Å². The molecular weight excluding hydrogens is 422 g/mol. The van der Waals surface area contributed by atoms with Gasteiger partial charge in [-0.05, 0) is 60.9 Å². The molecule has 164 valence electrons. The molecule has 1 aliphatic heterocycles. The zero-order chi connectivity index (χ0) is 21.3. The van der Waals surface area contributed by atoms with Crippen molar-refractivity contribution in [1.29, 1.82) is 0 Å². The number of piperazine rings is 1. The number of aryl methyl sites for hydroxylation is 1. The first kappa shape index (κ1) is 22.4. The average molecular weight is 454 g/mol. The number of hydrogen-bond donors (Lipinski definition) is 1. The van der Waals surface area contributed by atoms with E-state index in [1.165, 1.54) is 60.1 Å². The maximum atomic E-state index is 6.09. The Morgan fingerprint density at radius 3 is 2.52 bits per heavy atom. The molecule has 0 amide bonds. The predicted molar refractivity (Wildman–Crippen MR) is 136 cm³/mol. The summed E-state index contributed by atoms with van der Waals surface area (Å²) in [6.45, 7) is 4.41. The number of fused-ring (bicyclic) bond motifs is 1. The van der Waals surface area contributed by atoms with E-state index in [0.717, 1.165) is 42.5 Å². The van der Waals surface area contributed by atoms with Crippen molar-refractivity contribution < 1.29 is 0 Å². The van der Waals surface area contributed by atoms with Crippen LogP contribution in [0.4, 0.5) is 5.69 Å². The van der Waals surface area contributed by atoms with Gasteiger partial charge >= 0.3 is 0 Å². The highest BCUT2D eigenvalue weighted by atomic mass is 35.5. The fourth-order valence-electron chi connectivity index (χ4n) is 4.16. The number of anilines is 1. The quantitative estimate of drug-likeness (QED) is 0.277. The minimum absolute atomic E-state index is 0.748. The van der Waals surface area contributed by atoms with Crippen LogP contribution in [0.25, 0.3) is 10.9 Å². The van der Waals surface area contributed by atoms with Crippen LogP contribution >= 0.6 is 23.4 Å². The van der Waals surface area contributed by atoms with Crippen molar-refractivity contribution in [1.82, 2.24) is 10.3 Å². The molecule has 3 nitrogen and oxygen atoms in total. The molecule has 2 aromatic carbocycles. The Balaban J connectivity index is 1.10. The summed E-state index contributed by atoms with van der Waals surface area (Å²) in [5.74, 6) is 1.16. The first-order valence-corrected chi connectivity index (χ1v) is 12.9. The number of benzene rings is 2. The fourth-order valence-corrected chi connectivity index (χ4v) is 5.38. The summed E-state index contributed by atoms with van der Waals surface area (Å²) in [6.07, 6.45) is 9.59. The zero-order valence-electron chi connectivity index (χ0n) is 18.2. The third-order valence-corrected chi connectivity index (χ3v) is 7.35. The summed E-state index contributed by atoms with van der Waals surface area (Å²) in [6, 6.07) is 17.3. The van der Waals surface area contributed by atoms with Crippen LogP contribution < -0.4 is 10.2 Å². The second kappa shape index (κ2) is 11.8. The molecule has 0 spiro atoms. The van der Waals surface area contributed by atoms with Crippen molar-refractivity contribution >= 4 is 40.0 Å². The lowest BCUT2D eigenvalue weighted by atomic mass is 10.0. The Morgan fingerprint density at radius 2 is 1.68 bits per heavy atom. The third kappa shape index (κ3) is 6.61. The van der Waals surface area contributed by atoms with Gasteiger partial charge in [0.05, 0.1) is 5.52 Å². The number of rotatable bonds is 10. The highest BCUT2D eigenvalue weighted by Crippen LogP contribution is 2.29. The fraction of sp³-hybridized carbons (Fsp3) is 0.423. The Morgan fingerprint density at radius 1 is 0.903 bits per heavy atom. The number of nitrogens with zero attached hydrogens (tertiary/aromatic N) is 2. The number of unbranched alkanes of at least 4 members (excludes halogenated alkanes) is 4. The summed E-state index contributed by atoms with van der Waals surface area (Å²) in [5.41, 5.74) is 3.82. The van der Waals surface area contributed by atoms with Gasteiger partial charge in [-0.25, -0.2) is 0 Å². The Hall–Kier alpha value is -1.75. The Labute approximate surface area is 195 Å². The first-order valence-electron chi connectivity index (χ1n) is 11.5. The number of aromatic nitrogens is 1. The summed E-state index contributed by atoms with van der Waals surface area (Å²) in [4.78, 5) is 8.22. The minimum Gasteiger partial charge on any atom is -0.369 e. The predicted octanol–water partition coefficient (Wildman–Crippen LogP) is 6.58. The molecule has 1 N–H and O–H groups in total. The number of hydrogen-bond acceptors (Lipinski definition) is 4. The largest absolute Gasteiger partial charge is 0.369 e. The second-order valence-electron chi connectivity index (χ2n) is 8.24. The van der Waals surface area contributed by atoms with Crippen molar-refractivity contribution in [2.24, 2.45) is 0 Å². The summed E-state index contributed by atoms with van der Waals surface area (Å²) < 4.78 is 0. The van der Waals surface area contributed by atoms with Gasteiger partial charge in [0.25, 0.3) is 0 Å². The molecule has 1 aliphatic rings. The number of halogens is 1. The van der Waals surface area contributed by atoms with Gasteiger partial charge in [-0.1, -0.05) is 49.1 Å². The first-order chi connectivity index (χ1) is 15.3. The lowest BCUT2D eigenvalue weighted by Gasteiger charge is -2.29. The minimum atomic E-state index is 0.748. The van der Waals surface area contributed by atoms with Gasteiger partial charge in [-0.2, -0.15) is 0 Å². The molecule has 2 heterocycles. The smallest absolute Gasteiger partial charge is 0.0728 e. The van der Waals surface area contributed by atoms with Crippen molar-refractivity contribution in [2.75, 3.05) is 36.8 Å². The summed E-state index contributed by atoms with van der Waals surface area (Å²) >= 11 is 8.02. The molecule has 5 heteroatoms. The van der Waals surface area contributed by atoms with Gasteiger partial charge in [0.1, 0.15) is 0 Å². The van der Waals surface area contributed by atoms with Crippen molar-refractivity contribution in [3.05, 3.63) is 65.3 Å². The van der Waals surface area contributed by atoms with E-state index in [4.69, 9.17) is 11.6 Å². The molecule has 31 heavy (non-hydrogen) atoms. The van der Waals surface area contributed by atoms with Crippen molar-refractivity contribution in [2.45, 2.75) is 43.4 Å². The number of thioether (sulfide) groups is 1. The molecule has 1 fully saturated rings. The van der Waals surface area contributed by atoms with E-state index < -0.39 is 0 Å². The molecule has 0 saturated carbocycles. The molecule has 0 unspecified atom stereocenters. The normalized spacial score (nSPS) is 14.3. The lowest BCUT2D eigenvalue weighted by Crippen LogP contribution is -2.43. The van der Waals surface area contributed by atoms with Crippen LogP contribution in [0.15, 0.2) is 59.6 Å². The van der Waals surface area contributed by atoms with Crippen LogP contribution in [0.3, 0.4) is 0 Å². The highest BCUT2D eigenvalue weighted by molar-refractivity contribution is 7.99. The summed E-state index contributed by atoms with van der Waals surface area (Å²) in [7, 11) is 0. The molecule has 3 aromatic rings. The standard InChI is InChI=1S/C26H32ClN3S/c27-22-9-12-24-25(20-22)29-14-13-26(24)31-19-5-3-1-2-4-6-21-7-10-23(11-8-21)30-17-15-28-16-18-30/h7-14,20,28H,1-6,15-19H2. The molecule has 0 bridgehead atoms. The van der Waals surface area contributed by atoms with E-state index in [0.29, 0.717) is 0 Å². The Bertz CT molecular complexity index is 955.